The van der Waals surface area contributed by atoms with Crippen LogP contribution >= 0.6 is 0 Å². The van der Waals surface area contributed by atoms with E-state index >= 15 is 0 Å². The maximum atomic E-state index is 12.9. The Bertz CT molecular complexity index is 875. The highest BCUT2D eigenvalue weighted by Crippen LogP contribution is 2.29. The van der Waals surface area contributed by atoms with Gasteiger partial charge < -0.3 is 29.9 Å². The summed E-state index contributed by atoms with van der Waals surface area (Å²) in [5.74, 6) is 0.207. The molecule has 3 rings (SSSR count). The van der Waals surface area contributed by atoms with Crippen LogP contribution in [-0.4, -0.2) is 93.3 Å². The molecular weight excluding hydrogens is 414 g/mol. The van der Waals surface area contributed by atoms with E-state index in [0.29, 0.717) is 49.7 Å². The highest BCUT2D eigenvalue weighted by Gasteiger charge is 2.35. The van der Waals surface area contributed by atoms with Crippen molar-refractivity contribution < 1.29 is 23.9 Å². The number of urea groups is 2. The van der Waals surface area contributed by atoms with E-state index in [1.807, 2.05) is 12.1 Å². The molecule has 1 aromatic rings. The van der Waals surface area contributed by atoms with Crippen LogP contribution in [0, 0.1) is 0 Å². The Hall–Kier alpha value is -3.27. The normalized spacial score (nSPS) is 19.2. The first-order chi connectivity index (χ1) is 15.3. The summed E-state index contributed by atoms with van der Waals surface area (Å²) in [5, 5.41) is 5.64. The number of benzene rings is 1. The number of ether oxygens (including phenoxy) is 2. The molecule has 10 heteroatoms. The van der Waals surface area contributed by atoms with E-state index < -0.39 is 12.0 Å². The Morgan fingerprint density at radius 2 is 1.78 bits per heavy atom. The molecular formula is C22H31N5O5. The van der Waals surface area contributed by atoms with Crippen molar-refractivity contribution in [2.45, 2.75) is 13.0 Å². The van der Waals surface area contributed by atoms with Gasteiger partial charge in [0.05, 0.1) is 25.3 Å². The van der Waals surface area contributed by atoms with Crippen LogP contribution in [0.25, 0.3) is 0 Å². The van der Waals surface area contributed by atoms with Gasteiger partial charge in [-0.2, -0.15) is 0 Å². The van der Waals surface area contributed by atoms with Gasteiger partial charge in [-0.25, -0.2) is 14.4 Å². The molecule has 0 spiro atoms. The first-order valence-corrected chi connectivity index (χ1v) is 10.6. The first kappa shape index (κ1) is 23.4. The smallest absolute Gasteiger partial charge is 0.338 e. The predicted molar refractivity (Wildman–Crippen MR) is 118 cm³/mol. The average Bonchev–Trinajstić information content (AvgIpc) is 2.78. The van der Waals surface area contributed by atoms with Gasteiger partial charge in [-0.3, -0.25) is 4.90 Å². The lowest BCUT2D eigenvalue weighted by atomic mass is 9.94. The number of hydrogen-bond donors (Lipinski definition) is 2. The number of piperazine rings is 1. The molecule has 1 atom stereocenters. The van der Waals surface area contributed by atoms with Crippen molar-refractivity contribution in [2.75, 3.05) is 60.5 Å². The molecule has 0 bridgehead atoms. The Morgan fingerprint density at radius 3 is 2.34 bits per heavy atom. The molecule has 174 valence electrons. The summed E-state index contributed by atoms with van der Waals surface area (Å²) >= 11 is 0. The molecule has 0 aliphatic carbocycles. The van der Waals surface area contributed by atoms with Crippen molar-refractivity contribution in [2.24, 2.45) is 0 Å². The Labute approximate surface area is 188 Å². The molecule has 0 aromatic heterocycles. The van der Waals surface area contributed by atoms with Crippen LogP contribution in [0.15, 0.2) is 35.5 Å². The first-order valence-electron chi connectivity index (χ1n) is 10.6. The van der Waals surface area contributed by atoms with E-state index in [0.717, 1.165) is 5.56 Å². The van der Waals surface area contributed by atoms with Crippen LogP contribution in [-0.2, 0) is 9.53 Å². The number of esters is 1. The summed E-state index contributed by atoms with van der Waals surface area (Å²) in [5.41, 5.74) is 1.64. The Balaban J connectivity index is 1.84. The van der Waals surface area contributed by atoms with Gasteiger partial charge in [-0.1, -0.05) is 12.1 Å². The van der Waals surface area contributed by atoms with Crippen molar-refractivity contribution in [3.05, 3.63) is 41.1 Å². The van der Waals surface area contributed by atoms with Gasteiger partial charge in [0.15, 0.2) is 0 Å². The van der Waals surface area contributed by atoms with Gasteiger partial charge in [0.25, 0.3) is 0 Å². The summed E-state index contributed by atoms with van der Waals surface area (Å²) in [6.07, 6.45) is 0. The fraction of sp³-hybridized carbons (Fsp3) is 0.500. The minimum Gasteiger partial charge on any atom is -0.497 e. The molecule has 0 saturated carbocycles. The van der Waals surface area contributed by atoms with Gasteiger partial charge in [-0.15, -0.1) is 0 Å². The molecule has 4 amide bonds. The number of rotatable bonds is 6. The quantitative estimate of drug-likeness (QED) is 0.637. The zero-order chi connectivity index (χ0) is 23.3. The predicted octanol–water partition coefficient (Wildman–Crippen LogP) is 1.17. The van der Waals surface area contributed by atoms with Crippen molar-refractivity contribution in [3.63, 3.8) is 0 Å². The summed E-state index contributed by atoms with van der Waals surface area (Å²) in [7, 11) is 5.04. The van der Waals surface area contributed by atoms with Gasteiger partial charge in [0, 0.05) is 52.5 Å². The van der Waals surface area contributed by atoms with E-state index in [1.54, 1.807) is 50.1 Å². The number of nitrogens with zero attached hydrogens (tertiary/aromatic N) is 3. The Morgan fingerprint density at radius 1 is 1.12 bits per heavy atom. The number of nitrogens with one attached hydrogen (secondary N) is 2. The molecule has 1 aromatic carbocycles. The maximum absolute atomic E-state index is 12.9. The van der Waals surface area contributed by atoms with Crippen LogP contribution < -0.4 is 15.4 Å². The third-order valence-electron chi connectivity index (χ3n) is 5.51. The van der Waals surface area contributed by atoms with Crippen LogP contribution in [0.1, 0.15) is 18.5 Å². The van der Waals surface area contributed by atoms with Crippen LogP contribution in [0.5, 0.6) is 5.75 Å². The lowest BCUT2D eigenvalue weighted by Crippen LogP contribution is -2.54. The molecule has 1 saturated heterocycles. The molecule has 10 nitrogen and oxygen atoms in total. The van der Waals surface area contributed by atoms with Gasteiger partial charge in [0.1, 0.15) is 5.75 Å². The monoisotopic (exact) mass is 445 g/mol. The zero-order valence-electron chi connectivity index (χ0n) is 19.0. The van der Waals surface area contributed by atoms with E-state index in [1.165, 1.54) is 0 Å². The highest BCUT2D eigenvalue weighted by molar-refractivity contribution is 5.95. The number of carbonyl (C=O) groups excluding carboxylic acids is 3. The molecule has 2 N–H and O–H groups in total. The zero-order valence-corrected chi connectivity index (χ0v) is 19.0. The second kappa shape index (κ2) is 10.4. The Kier molecular flexibility index (Phi) is 7.57. The largest absolute Gasteiger partial charge is 0.497 e. The summed E-state index contributed by atoms with van der Waals surface area (Å²) in [6, 6.07) is 6.16. The summed E-state index contributed by atoms with van der Waals surface area (Å²) < 4.78 is 10.5. The van der Waals surface area contributed by atoms with Gasteiger partial charge >= 0.3 is 18.0 Å². The van der Waals surface area contributed by atoms with Gasteiger partial charge in [-0.05, 0) is 24.6 Å². The van der Waals surface area contributed by atoms with Crippen molar-refractivity contribution in [1.29, 1.82) is 0 Å². The standard InChI is InChI=1S/C22H31N5O5/c1-5-32-20(28)18-17(14-26-10-12-27(13-11-26)22(30)25(2)3)23-21(29)24-19(18)15-6-8-16(31-4)9-7-15/h6-9,19H,5,10-14H2,1-4H3,(H2,23,24,29). The minimum absolute atomic E-state index is 0.0224. The lowest BCUT2D eigenvalue weighted by Gasteiger charge is -2.37. The minimum atomic E-state index is -0.639. The van der Waals surface area contributed by atoms with Crippen LogP contribution in [0.3, 0.4) is 0 Å². The number of methoxy groups -OCH3 is 1. The van der Waals surface area contributed by atoms with E-state index in [4.69, 9.17) is 9.47 Å². The fourth-order valence-electron chi connectivity index (χ4n) is 3.84. The van der Waals surface area contributed by atoms with Gasteiger partial charge in [0.2, 0.25) is 0 Å². The van der Waals surface area contributed by atoms with Crippen LogP contribution in [0.4, 0.5) is 9.59 Å². The number of carbonyl (C=O) groups is 3. The second-order valence-corrected chi connectivity index (χ2v) is 7.86. The topological polar surface area (TPSA) is 103 Å². The fourth-order valence-corrected chi connectivity index (χ4v) is 3.84. The molecule has 2 heterocycles. The third kappa shape index (κ3) is 5.31. The lowest BCUT2D eigenvalue weighted by molar-refractivity contribution is -0.139. The number of hydrogen-bond acceptors (Lipinski definition) is 6. The van der Waals surface area contributed by atoms with Crippen molar-refractivity contribution in [3.8, 4) is 5.75 Å². The second-order valence-electron chi connectivity index (χ2n) is 7.86. The molecule has 2 aliphatic rings. The summed E-state index contributed by atoms with van der Waals surface area (Å²) in [4.78, 5) is 43.0. The maximum Gasteiger partial charge on any atom is 0.338 e. The molecule has 32 heavy (non-hydrogen) atoms. The van der Waals surface area contributed by atoms with E-state index in [9.17, 15) is 14.4 Å². The highest BCUT2D eigenvalue weighted by atomic mass is 16.5. The van der Waals surface area contributed by atoms with E-state index in [-0.39, 0.29) is 18.7 Å². The summed E-state index contributed by atoms with van der Waals surface area (Å²) in [6.45, 7) is 4.77. The number of amides is 4. The van der Waals surface area contributed by atoms with E-state index in [2.05, 4.69) is 15.5 Å². The SMILES string of the molecule is CCOC(=O)C1=C(CN2CCN(C(=O)N(C)C)CC2)NC(=O)NC1c1ccc(OC)cc1. The molecule has 1 unspecified atom stereocenters. The molecule has 1 fully saturated rings. The molecule has 0 radical (unpaired) electrons. The van der Waals surface area contributed by atoms with Crippen LogP contribution in [0.2, 0.25) is 0 Å². The molecule has 2 aliphatic heterocycles. The van der Waals surface area contributed by atoms with Crippen molar-refractivity contribution in [1.82, 2.24) is 25.3 Å². The van der Waals surface area contributed by atoms with Crippen molar-refractivity contribution >= 4 is 18.0 Å². The average molecular weight is 446 g/mol. The third-order valence-corrected chi connectivity index (χ3v) is 5.51.